The molecule has 0 saturated heterocycles. The molecule has 0 saturated carbocycles. The lowest BCUT2D eigenvalue weighted by Crippen LogP contribution is -2.51. The summed E-state index contributed by atoms with van der Waals surface area (Å²) in [5.41, 5.74) is 5.09. The van der Waals surface area contributed by atoms with E-state index in [0.29, 0.717) is 19.5 Å². The minimum absolute atomic E-state index is 0.0749. The van der Waals surface area contributed by atoms with Gasteiger partial charge in [-0.15, -0.1) is 0 Å². The molecular formula is C30H36N2O3. The molecule has 0 radical (unpaired) electrons. The molecule has 3 aromatic carbocycles. The fourth-order valence-corrected chi connectivity index (χ4v) is 4.14. The summed E-state index contributed by atoms with van der Waals surface area (Å²) in [5, 5.41) is 3.02. The highest BCUT2D eigenvalue weighted by molar-refractivity contribution is 5.89. The predicted molar refractivity (Wildman–Crippen MR) is 140 cm³/mol. The van der Waals surface area contributed by atoms with Crippen LogP contribution in [-0.2, 0) is 29.0 Å². The van der Waals surface area contributed by atoms with Gasteiger partial charge in [-0.2, -0.15) is 0 Å². The number of hydrogen-bond donors (Lipinski definition) is 1. The lowest BCUT2D eigenvalue weighted by atomic mass is 9.99. The van der Waals surface area contributed by atoms with Crippen LogP contribution in [0.5, 0.6) is 5.75 Å². The number of rotatable bonds is 11. The highest BCUT2D eigenvalue weighted by Crippen LogP contribution is 2.20. The van der Waals surface area contributed by atoms with Gasteiger partial charge in [0.1, 0.15) is 11.8 Å². The van der Waals surface area contributed by atoms with E-state index >= 15 is 0 Å². The van der Waals surface area contributed by atoms with Crippen molar-refractivity contribution < 1.29 is 14.3 Å². The van der Waals surface area contributed by atoms with Crippen LogP contribution in [0.1, 0.15) is 41.2 Å². The molecule has 35 heavy (non-hydrogen) atoms. The smallest absolute Gasteiger partial charge is 0.243 e. The monoisotopic (exact) mass is 472 g/mol. The summed E-state index contributed by atoms with van der Waals surface area (Å²) in [6, 6.07) is 23.0. The van der Waals surface area contributed by atoms with Gasteiger partial charge >= 0.3 is 0 Å². The number of nitrogens with one attached hydrogen (secondary N) is 1. The molecule has 0 aliphatic heterocycles. The van der Waals surface area contributed by atoms with Crippen LogP contribution in [0, 0.1) is 13.8 Å². The summed E-state index contributed by atoms with van der Waals surface area (Å²) in [7, 11) is 1.62. The van der Waals surface area contributed by atoms with Crippen LogP contribution in [0.25, 0.3) is 0 Å². The number of ether oxygens (including phenoxy) is 1. The van der Waals surface area contributed by atoms with E-state index < -0.39 is 6.04 Å². The third kappa shape index (κ3) is 7.44. The Labute approximate surface area is 209 Å². The maximum Gasteiger partial charge on any atom is 0.243 e. The highest BCUT2D eigenvalue weighted by atomic mass is 16.5. The van der Waals surface area contributed by atoms with E-state index in [9.17, 15) is 9.59 Å². The van der Waals surface area contributed by atoms with Crippen LogP contribution in [0.15, 0.2) is 72.8 Å². The summed E-state index contributed by atoms with van der Waals surface area (Å²) in [4.78, 5) is 29.0. The molecule has 0 heterocycles. The van der Waals surface area contributed by atoms with Gasteiger partial charge in [0.2, 0.25) is 11.8 Å². The average molecular weight is 473 g/mol. The third-order valence-electron chi connectivity index (χ3n) is 6.15. The lowest BCUT2D eigenvalue weighted by Gasteiger charge is -2.32. The van der Waals surface area contributed by atoms with Crippen molar-refractivity contribution in [2.24, 2.45) is 0 Å². The van der Waals surface area contributed by atoms with E-state index in [2.05, 4.69) is 11.4 Å². The Kier molecular flexibility index (Phi) is 9.47. The van der Waals surface area contributed by atoms with E-state index in [4.69, 9.17) is 4.74 Å². The number of benzene rings is 3. The molecule has 5 heteroatoms. The van der Waals surface area contributed by atoms with Gasteiger partial charge in [-0.1, -0.05) is 73.2 Å². The van der Waals surface area contributed by atoms with Gasteiger partial charge < -0.3 is 15.0 Å². The van der Waals surface area contributed by atoms with Crippen molar-refractivity contribution in [3.8, 4) is 5.75 Å². The zero-order valence-corrected chi connectivity index (χ0v) is 21.2. The zero-order valence-electron chi connectivity index (χ0n) is 21.2. The van der Waals surface area contributed by atoms with Crippen molar-refractivity contribution in [3.05, 3.63) is 101 Å². The second-order valence-corrected chi connectivity index (χ2v) is 8.98. The minimum Gasteiger partial charge on any atom is -0.497 e. The van der Waals surface area contributed by atoms with Gasteiger partial charge in [-0.3, -0.25) is 9.59 Å². The van der Waals surface area contributed by atoms with E-state index in [0.717, 1.165) is 40.0 Å². The number of carbonyl (C=O) groups excluding carboxylic acids is 2. The molecule has 3 rings (SSSR count). The molecule has 5 nitrogen and oxygen atoms in total. The normalized spacial score (nSPS) is 11.5. The van der Waals surface area contributed by atoms with Crippen molar-refractivity contribution in [2.45, 2.75) is 52.6 Å². The molecule has 0 aliphatic carbocycles. The number of methoxy groups -OCH3 is 1. The van der Waals surface area contributed by atoms with Crippen molar-refractivity contribution in [1.82, 2.24) is 10.2 Å². The molecule has 0 bridgehead atoms. The maximum atomic E-state index is 13.9. The Morgan fingerprint density at radius 3 is 2.40 bits per heavy atom. The quantitative estimate of drug-likeness (QED) is 0.426. The predicted octanol–water partition coefficient (Wildman–Crippen LogP) is 5.02. The molecule has 0 aliphatic rings. The maximum absolute atomic E-state index is 13.9. The Morgan fingerprint density at radius 2 is 1.69 bits per heavy atom. The molecule has 1 atom stereocenters. The summed E-state index contributed by atoms with van der Waals surface area (Å²) in [5.74, 6) is 0.515. The first kappa shape index (κ1) is 26.0. The van der Waals surface area contributed by atoms with E-state index in [-0.39, 0.29) is 18.2 Å². The topological polar surface area (TPSA) is 58.6 Å². The van der Waals surface area contributed by atoms with Gasteiger partial charge in [0.15, 0.2) is 0 Å². The van der Waals surface area contributed by atoms with Crippen molar-refractivity contribution >= 4 is 11.8 Å². The number of aryl methyl sites for hydroxylation is 2. The first-order valence-electron chi connectivity index (χ1n) is 12.2. The molecule has 0 spiro atoms. The number of hydrogen-bond acceptors (Lipinski definition) is 3. The minimum atomic E-state index is -0.632. The van der Waals surface area contributed by atoms with Crippen LogP contribution in [0.3, 0.4) is 0 Å². The van der Waals surface area contributed by atoms with Crippen LogP contribution < -0.4 is 10.1 Å². The second-order valence-electron chi connectivity index (χ2n) is 8.98. The first-order chi connectivity index (χ1) is 16.9. The molecule has 0 aromatic heterocycles. The fourth-order valence-electron chi connectivity index (χ4n) is 4.14. The highest BCUT2D eigenvalue weighted by Gasteiger charge is 2.30. The van der Waals surface area contributed by atoms with E-state index in [1.165, 1.54) is 0 Å². The third-order valence-corrected chi connectivity index (χ3v) is 6.15. The van der Waals surface area contributed by atoms with Crippen LogP contribution in [0.4, 0.5) is 0 Å². The largest absolute Gasteiger partial charge is 0.497 e. The fraction of sp³-hybridized carbons (Fsp3) is 0.333. The Morgan fingerprint density at radius 1 is 0.943 bits per heavy atom. The van der Waals surface area contributed by atoms with Crippen molar-refractivity contribution in [3.63, 3.8) is 0 Å². The molecule has 0 fully saturated rings. The van der Waals surface area contributed by atoms with Gasteiger partial charge in [0, 0.05) is 19.5 Å². The summed E-state index contributed by atoms with van der Waals surface area (Å²) in [6.07, 6.45) is 1.51. The Bertz CT molecular complexity index is 1130. The molecular weight excluding hydrogens is 436 g/mol. The number of amides is 2. The molecule has 0 unspecified atom stereocenters. The molecule has 1 N–H and O–H groups in total. The zero-order chi connectivity index (χ0) is 25.2. The molecule has 184 valence electrons. The van der Waals surface area contributed by atoms with Gasteiger partial charge in [0.25, 0.3) is 0 Å². The van der Waals surface area contributed by atoms with E-state index in [1.54, 1.807) is 12.0 Å². The lowest BCUT2D eigenvalue weighted by molar-refractivity contribution is -0.140. The van der Waals surface area contributed by atoms with Crippen molar-refractivity contribution in [2.75, 3.05) is 13.7 Å². The molecule has 3 aromatic rings. The number of nitrogens with zero attached hydrogens (tertiary/aromatic N) is 1. The van der Waals surface area contributed by atoms with Crippen molar-refractivity contribution in [1.29, 1.82) is 0 Å². The van der Waals surface area contributed by atoms with Crippen LogP contribution in [-0.4, -0.2) is 36.4 Å². The Balaban J connectivity index is 1.99. The Hall–Kier alpha value is -3.60. The van der Waals surface area contributed by atoms with Gasteiger partial charge in [0.05, 0.1) is 13.5 Å². The van der Waals surface area contributed by atoms with E-state index in [1.807, 2.05) is 87.5 Å². The summed E-state index contributed by atoms with van der Waals surface area (Å²) >= 11 is 0. The van der Waals surface area contributed by atoms with Gasteiger partial charge in [-0.25, -0.2) is 0 Å². The van der Waals surface area contributed by atoms with Crippen LogP contribution >= 0.6 is 0 Å². The second kappa shape index (κ2) is 12.7. The van der Waals surface area contributed by atoms with Gasteiger partial charge in [-0.05, 0) is 54.7 Å². The van der Waals surface area contributed by atoms with Crippen LogP contribution in [0.2, 0.25) is 0 Å². The summed E-state index contributed by atoms with van der Waals surface area (Å²) in [6.45, 7) is 6.95. The number of carbonyl (C=O) groups is 2. The summed E-state index contributed by atoms with van der Waals surface area (Å²) < 4.78 is 5.40. The molecule has 2 amide bonds. The first-order valence-corrected chi connectivity index (χ1v) is 12.2. The average Bonchev–Trinajstić information content (AvgIpc) is 2.87. The SMILES string of the molecule is CCCNC(=O)[C@H](Cc1ccccc1)N(Cc1cccc(OC)c1)C(=O)Cc1cc(C)ccc1C. The standard InChI is InChI=1S/C30H36N2O3/c1-5-16-31-30(34)28(19-24-10-7-6-8-11-24)32(21-25-12-9-13-27(18-25)35-4)29(33)20-26-17-22(2)14-15-23(26)3/h6-15,17-18,28H,5,16,19-21H2,1-4H3,(H,31,34)/t28-/m0/s1.